The van der Waals surface area contributed by atoms with Gasteiger partial charge in [0.2, 0.25) is 0 Å². The van der Waals surface area contributed by atoms with E-state index >= 15 is 0 Å². The van der Waals surface area contributed by atoms with E-state index in [-0.39, 0.29) is 0 Å². The highest BCUT2D eigenvalue weighted by atomic mass is 32.2. The summed E-state index contributed by atoms with van der Waals surface area (Å²) in [5.41, 5.74) is 0. The van der Waals surface area contributed by atoms with Gasteiger partial charge in [0.15, 0.2) is 0 Å². The number of carbonyl (C=O) groups is 2. The Morgan fingerprint density at radius 3 is 1.50 bits per heavy atom. The van der Waals surface area contributed by atoms with Gasteiger partial charge in [-0.25, -0.2) is 0 Å². The molecule has 0 saturated carbocycles. The molecule has 2 unspecified atom stereocenters. The fraction of sp³-hybridized carbons (Fsp3) is 0.793. The molecule has 4 nitrogen and oxygen atoms in total. The summed E-state index contributed by atoms with van der Waals surface area (Å²) in [6.07, 6.45) is 18.6. The standard InChI is InChI=1S/C29H48O4S3/c1-3-5-7-9-11-12-13-14-15-17-19-24-35-26(28(30)31)27(29(32)33)36-25-21-20-23-34-22-18-16-10-8-6-4-2/h26-27H,3-16,18,22-25H2,1-2H3,(H,30,31)(H,32,33). The molecule has 0 rings (SSSR count). The van der Waals surface area contributed by atoms with E-state index in [1.165, 1.54) is 83.5 Å². The number of unbranched alkanes of at least 4 members (excludes halogenated alkanes) is 13. The van der Waals surface area contributed by atoms with Crippen LogP contribution in [-0.2, 0) is 9.59 Å². The Bertz CT molecular complexity index is 617. The minimum atomic E-state index is -1.11. The third-order valence-electron chi connectivity index (χ3n) is 5.65. The van der Waals surface area contributed by atoms with Crippen LogP contribution in [0.4, 0.5) is 0 Å². The smallest absolute Gasteiger partial charge is 0.318 e. The minimum Gasteiger partial charge on any atom is -0.480 e. The maximum absolute atomic E-state index is 11.7. The number of hydrogen-bond donors (Lipinski definition) is 2. The van der Waals surface area contributed by atoms with Crippen molar-refractivity contribution in [2.75, 3.05) is 23.0 Å². The van der Waals surface area contributed by atoms with E-state index in [1.807, 2.05) is 0 Å². The molecule has 0 amide bonds. The number of carboxylic acid groups (broad SMARTS) is 2. The zero-order valence-corrected chi connectivity index (χ0v) is 25.0. The number of hydrogen-bond acceptors (Lipinski definition) is 5. The van der Waals surface area contributed by atoms with Crippen LogP contribution in [0, 0.1) is 23.7 Å². The van der Waals surface area contributed by atoms with Gasteiger partial charge in [-0.15, -0.1) is 41.2 Å². The monoisotopic (exact) mass is 556 g/mol. The van der Waals surface area contributed by atoms with E-state index in [1.54, 1.807) is 11.8 Å². The largest absolute Gasteiger partial charge is 0.480 e. The third-order valence-corrected chi connectivity index (χ3v) is 9.04. The Morgan fingerprint density at radius 1 is 0.583 bits per heavy atom. The molecule has 0 bridgehead atoms. The fourth-order valence-electron chi connectivity index (χ4n) is 3.54. The molecule has 0 fully saturated rings. The van der Waals surface area contributed by atoms with Gasteiger partial charge in [0.25, 0.3) is 0 Å². The molecule has 0 aromatic carbocycles. The molecule has 0 radical (unpaired) electrons. The molecule has 0 aromatic heterocycles. The quantitative estimate of drug-likeness (QED) is 0.0975. The topological polar surface area (TPSA) is 74.6 Å². The van der Waals surface area contributed by atoms with E-state index in [9.17, 15) is 19.8 Å². The van der Waals surface area contributed by atoms with Gasteiger partial charge in [-0.2, -0.15) is 0 Å². The first-order valence-corrected chi connectivity index (χ1v) is 17.0. The molecule has 36 heavy (non-hydrogen) atoms. The van der Waals surface area contributed by atoms with Crippen LogP contribution in [0.25, 0.3) is 0 Å². The zero-order chi connectivity index (χ0) is 26.7. The Labute approximate surface area is 233 Å². The average molecular weight is 557 g/mol. The average Bonchev–Trinajstić information content (AvgIpc) is 2.85. The highest BCUT2D eigenvalue weighted by molar-refractivity contribution is 8.05. The third kappa shape index (κ3) is 22.3. The van der Waals surface area contributed by atoms with Crippen LogP contribution in [0.5, 0.6) is 0 Å². The lowest BCUT2D eigenvalue weighted by molar-refractivity contribution is -0.142. The molecule has 0 saturated heterocycles. The van der Waals surface area contributed by atoms with Crippen LogP contribution in [0.2, 0.25) is 0 Å². The first kappa shape index (κ1) is 35.1. The fourth-order valence-corrected chi connectivity index (χ4v) is 6.36. The Balaban J connectivity index is 4.14. The highest BCUT2D eigenvalue weighted by Crippen LogP contribution is 2.25. The summed E-state index contributed by atoms with van der Waals surface area (Å²) < 4.78 is 0. The van der Waals surface area contributed by atoms with Crippen molar-refractivity contribution in [3.05, 3.63) is 0 Å². The van der Waals surface area contributed by atoms with E-state index in [0.717, 1.165) is 47.9 Å². The second-order valence-corrected chi connectivity index (χ2v) is 12.3. The van der Waals surface area contributed by atoms with Crippen LogP contribution in [0.1, 0.15) is 110 Å². The van der Waals surface area contributed by atoms with Crippen LogP contribution < -0.4 is 0 Å². The van der Waals surface area contributed by atoms with Crippen LogP contribution >= 0.6 is 35.3 Å². The van der Waals surface area contributed by atoms with E-state index in [4.69, 9.17) is 0 Å². The number of rotatable bonds is 23. The maximum atomic E-state index is 11.7. The van der Waals surface area contributed by atoms with Crippen molar-refractivity contribution in [2.45, 2.75) is 121 Å². The van der Waals surface area contributed by atoms with Crippen LogP contribution in [0.3, 0.4) is 0 Å². The molecular formula is C29H48O4S3. The van der Waals surface area contributed by atoms with Gasteiger partial charge in [-0.1, -0.05) is 109 Å². The van der Waals surface area contributed by atoms with Gasteiger partial charge in [0.1, 0.15) is 10.5 Å². The van der Waals surface area contributed by atoms with Crippen molar-refractivity contribution < 1.29 is 19.8 Å². The summed E-state index contributed by atoms with van der Waals surface area (Å²) in [5.74, 6) is 12.5. The van der Waals surface area contributed by atoms with E-state index in [0.29, 0.717) is 11.5 Å². The number of aliphatic carboxylic acids is 2. The van der Waals surface area contributed by atoms with Gasteiger partial charge in [-0.05, 0) is 18.6 Å². The number of thioether (sulfide) groups is 3. The van der Waals surface area contributed by atoms with Crippen molar-refractivity contribution in [3.8, 4) is 23.7 Å². The summed E-state index contributed by atoms with van der Waals surface area (Å²) >= 11 is 4.01. The SMILES string of the molecule is CCCCCCCCCCC#CCSC(C(=O)O)C(SCC#CCSCCCCCCCC)C(=O)O. The van der Waals surface area contributed by atoms with Crippen molar-refractivity contribution in [3.63, 3.8) is 0 Å². The van der Waals surface area contributed by atoms with Crippen LogP contribution in [0.15, 0.2) is 0 Å². The van der Waals surface area contributed by atoms with E-state index < -0.39 is 22.4 Å². The molecule has 7 heteroatoms. The van der Waals surface area contributed by atoms with Crippen molar-refractivity contribution in [1.29, 1.82) is 0 Å². The summed E-state index contributed by atoms with van der Waals surface area (Å²) in [4.78, 5) is 23.4. The number of carboxylic acids is 2. The lowest BCUT2D eigenvalue weighted by Crippen LogP contribution is -2.35. The molecule has 2 N–H and O–H groups in total. The molecule has 2 atom stereocenters. The van der Waals surface area contributed by atoms with Gasteiger partial charge < -0.3 is 10.2 Å². The predicted octanol–water partition coefficient (Wildman–Crippen LogP) is 7.99. The normalized spacial score (nSPS) is 12.2. The van der Waals surface area contributed by atoms with Gasteiger partial charge in [-0.3, -0.25) is 9.59 Å². The molecule has 0 aliphatic heterocycles. The Kier molecular flexibility index (Phi) is 26.5. The van der Waals surface area contributed by atoms with Crippen LogP contribution in [-0.4, -0.2) is 55.7 Å². The van der Waals surface area contributed by atoms with Gasteiger partial charge >= 0.3 is 11.9 Å². The predicted molar refractivity (Wildman–Crippen MR) is 161 cm³/mol. The second-order valence-electron chi connectivity index (χ2n) is 8.89. The summed E-state index contributed by atoms with van der Waals surface area (Å²) in [6, 6.07) is 0. The molecule has 0 aliphatic rings. The van der Waals surface area contributed by atoms with Gasteiger partial charge in [0, 0.05) is 6.42 Å². The van der Waals surface area contributed by atoms with Gasteiger partial charge in [0.05, 0.1) is 17.3 Å². The molecule has 0 heterocycles. The summed E-state index contributed by atoms with van der Waals surface area (Å²) in [7, 11) is 0. The summed E-state index contributed by atoms with van der Waals surface area (Å²) in [6.45, 7) is 4.45. The lowest BCUT2D eigenvalue weighted by Gasteiger charge is -2.17. The molecular weight excluding hydrogens is 509 g/mol. The minimum absolute atomic E-state index is 0.322. The maximum Gasteiger partial charge on any atom is 0.318 e. The Morgan fingerprint density at radius 2 is 1.00 bits per heavy atom. The highest BCUT2D eigenvalue weighted by Gasteiger charge is 2.34. The van der Waals surface area contributed by atoms with Crippen molar-refractivity contribution in [2.24, 2.45) is 0 Å². The molecule has 0 aromatic rings. The van der Waals surface area contributed by atoms with Crippen molar-refractivity contribution >= 4 is 47.2 Å². The Hall–Kier alpha value is -0.890. The first-order valence-electron chi connectivity index (χ1n) is 13.7. The molecule has 0 spiro atoms. The summed E-state index contributed by atoms with van der Waals surface area (Å²) in [5, 5.41) is 17.1. The second kappa shape index (κ2) is 27.2. The van der Waals surface area contributed by atoms with E-state index in [2.05, 4.69) is 37.5 Å². The lowest BCUT2D eigenvalue weighted by atomic mass is 10.1. The zero-order valence-electron chi connectivity index (χ0n) is 22.5. The molecule has 0 aliphatic carbocycles. The molecule has 206 valence electrons. The first-order chi connectivity index (χ1) is 17.5. The van der Waals surface area contributed by atoms with Crippen molar-refractivity contribution in [1.82, 2.24) is 0 Å².